The number of nitrogens with one attached hydrogen (secondary N) is 2. The molecule has 32 heavy (non-hydrogen) atoms. The number of sulfonamides is 1. The van der Waals surface area contributed by atoms with Crippen molar-refractivity contribution < 1.29 is 8.42 Å². The van der Waals surface area contributed by atoms with E-state index in [0.29, 0.717) is 17.6 Å². The molecule has 1 fully saturated rings. The maximum absolute atomic E-state index is 12.4. The summed E-state index contributed by atoms with van der Waals surface area (Å²) < 4.78 is 26.6. The minimum Gasteiger partial charge on any atom is -0.309 e. The molecule has 1 aliphatic carbocycles. The first-order valence-electron chi connectivity index (χ1n) is 11.5. The summed E-state index contributed by atoms with van der Waals surface area (Å²) in [6, 6.07) is 16.4. The fourth-order valence-corrected chi connectivity index (χ4v) is 5.27. The van der Waals surface area contributed by atoms with Gasteiger partial charge in [0, 0.05) is 28.7 Å². The summed E-state index contributed by atoms with van der Waals surface area (Å²) >= 11 is 6.15. The Bertz CT molecular complexity index is 990. The van der Waals surface area contributed by atoms with E-state index in [-0.39, 0.29) is 5.41 Å². The summed E-state index contributed by atoms with van der Waals surface area (Å²) in [5, 5.41) is 4.62. The Kier molecular flexibility index (Phi) is 7.63. The number of halogens is 1. The van der Waals surface area contributed by atoms with Crippen LogP contribution in [0.1, 0.15) is 71.4 Å². The molecule has 0 spiro atoms. The quantitative estimate of drug-likeness (QED) is 0.433. The van der Waals surface area contributed by atoms with Gasteiger partial charge in [-0.15, -0.1) is 0 Å². The van der Waals surface area contributed by atoms with Gasteiger partial charge in [-0.1, -0.05) is 56.1 Å². The maximum atomic E-state index is 12.4. The van der Waals surface area contributed by atoms with Crippen molar-refractivity contribution in [3.63, 3.8) is 0 Å². The van der Waals surface area contributed by atoms with E-state index in [0.717, 1.165) is 23.6 Å². The second-order valence-electron chi connectivity index (χ2n) is 10.5. The normalized spacial score (nSPS) is 17.1. The molecule has 1 atom stereocenters. The standard InChI is InChI=1S/C26H37ClN2O2S/c1-19(2)17-24(26(15-6-16-26)21-9-11-22(27)12-10-21)28-18-20-7-13-23(14-8-20)29-32(30,31)25(3,4)5/h7-14,19,24,28-29H,6,15-18H2,1-5H3. The first-order valence-corrected chi connectivity index (χ1v) is 13.4. The summed E-state index contributed by atoms with van der Waals surface area (Å²) in [6.45, 7) is 10.4. The van der Waals surface area contributed by atoms with Gasteiger partial charge in [0.2, 0.25) is 10.0 Å². The highest BCUT2D eigenvalue weighted by Gasteiger charge is 2.45. The van der Waals surface area contributed by atoms with E-state index in [1.54, 1.807) is 20.8 Å². The largest absolute Gasteiger partial charge is 0.309 e. The third-order valence-corrected chi connectivity index (χ3v) is 8.97. The number of hydrogen-bond donors (Lipinski definition) is 2. The zero-order valence-corrected chi connectivity index (χ0v) is 21.5. The van der Waals surface area contributed by atoms with Crippen LogP contribution >= 0.6 is 11.6 Å². The molecule has 2 N–H and O–H groups in total. The molecule has 2 aromatic carbocycles. The smallest absolute Gasteiger partial charge is 0.237 e. The molecule has 0 radical (unpaired) electrons. The molecule has 0 aromatic heterocycles. The van der Waals surface area contributed by atoms with E-state index in [4.69, 9.17) is 11.6 Å². The van der Waals surface area contributed by atoms with Gasteiger partial charge in [-0.2, -0.15) is 0 Å². The maximum Gasteiger partial charge on any atom is 0.237 e. The lowest BCUT2D eigenvalue weighted by Gasteiger charge is -2.49. The van der Waals surface area contributed by atoms with Crippen LogP contribution < -0.4 is 10.0 Å². The van der Waals surface area contributed by atoms with Crippen molar-refractivity contribution in [3.8, 4) is 0 Å². The molecule has 3 rings (SSSR count). The molecule has 0 heterocycles. The molecule has 4 nitrogen and oxygen atoms in total. The summed E-state index contributed by atoms with van der Waals surface area (Å²) in [5.41, 5.74) is 3.26. The molecule has 0 saturated heterocycles. The average molecular weight is 477 g/mol. The zero-order valence-electron chi connectivity index (χ0n) is 19.9. The lowest BCUT2D eigenvalue weighted by molar-refractivity contribution is 0.150. The van der Waals surface area contributed by atoms with Crippen molar-refractivity contribution in [1.29, 1.82) is 0 Å². The minimum absolute atomic E-state index is 0.150. The van der Waals surface area contributed by atoms with Gasteiger partial charge in [-0.25, -0.2) is 8.42 Å². The number of anilines is 1. The molecule has 2 aromatic rings. The second-order valence-corrected chi connectivity index (χ2v) is 13.4. The van der Waals surface area contributed by atoms with Crippen LogP contribution in [0.25, 0.3) is 0 Å². The Morgan fingerprint density at radius 2 is 1.59 bits per heavy atom. The summed E-state index contributed by atoms with van der Waals surface area (Å²) in [6.07, 6.45) is 4.73. The number of benzene rings is 2. The lowest BCUT2D eigenvalue weighted by Crippen LogP contribution is -2.53. The van der Waals surface area contributed by atoms with Crippen molar-refractivity contribution in [3.05, 3.63) is 64.7 Å². The lowest BCUT2D eigenvalue weighted by atomic mass is 9.59. The van der Waals surface area contributed by atoms with Crippen molar-refractivity contribution in [2.75, 3.05) is 4.72 Å². The third kappa shape index (κ3) is 5.67. The van der Waals surface area contributed by atoms with Crippen LogP contribution in [0.3, 0.4) is 0 Å². The minimum atomic E-state index is -3.43. The van der Waals surface area contributed by atoms with E-state index in [9.17, 15) is 8.42 Å². The van der Waals surface area contributed by atoms with Crippen LogP contribution in [-0.2, 0) is 22.0 Å². The van der Waals surface area contributed by atoms with E-state index in [2.05, 4.69) is 36.0 Å². The SMILES string of the molecule is CC(C)CC(NCc1ccc(NS(=O)(=O)C(C)(C)C)cc1)C1(c2ccc(Cl)cc2)CCC1. The van der Waals surface area contributed by atoms with Crippen LogP contribution in [0.4, 0.5) is 5.69 Å². The van der Waals surface area contributed by atoms with Gasteiger partial charge >= 0.3 is 0 Å². The van der Waals surface area contributed by atoms with Gasteiger partial charge in [0.25, 0.3) is 0 Å². The van der Waals surface area contributed by atoms with Crippen molar-refractivity contribution in [2.45, 2.75) is 83.1 Å². The predicted molar refractivity (Wildman–Crippen MR) is 136 cm³/mol. The Labute approximate surface area is 199 Å². The van der Waals surface area contributed by atoms with Crippen molar-refractivity contribution >= 4 is 27.3 Å². The van der Waals surface area contributed by atoms with E-state index in [1.807, 2.05) is 36.4 Å². The Balaban J connectivity index is 1.73. The summed E-state index contributed by atoms with van der Waals surface area (Å²) in [4.78, 5) is 0. The molecule has 0 aliphatic heterocycles. The first kappa shape index (κ1) is 25.1. The van der Waals surface area contributed by atoms with E-state index >= 15 is 0 Å². The third-order valence-electron chi connectivity index (χ3n) is 6.60. The molecular formula is C26H37ClN2O2S. The van der Waals surface area contributed by atoms with Gasteiger partial charge in [0.15, 0.2) is 0 Å². The predicted octanol–water partition coefficient (Wildman–Crippen LogP) is 6.51. The summed E-state index contributed by atoms with van der Waals surface area (Å²) in [5.74, 6) is 0.589. The Morgan fingerprint density at radius 3 is 2.06 bits per heavy atom. The Hall–Kier alpha value is -1.56. The van der Waals surface area contributed by atoms with Crippen molar-refractivity contribution in [1.82, 2.24) is 5.32 Å². The topological polar surface area (TPSA) is 58.2 Å². The first-order chi connectivity index (χ1) is 14.9. The van der Waals surface area contributed by atoms with E-state index < -0.39 is 14.8 Å². The summed E-state index contributed by atoms with van der Waals surface area (Å²) in [7, 11) is -3.43. The van der Waals surface area contributed by atoms with Gasteiger partial charge in [0.1, 0.15) is 0 Å². The number of hydrogen-bond acceptors (Lipinski definition) is 3. The molecule has 1 aliphatic rings. The van der Waals surface area contributed by atoms with Crippen LogP contribution in [0.5, 0.6) is 0 Å². The second kappa shape index (κ2) is 9.74. The van der Waals surface area contributed by atoms with Crippen LogP contribution in [0.15, 0.2) is 48.5 Å². The number of rotatable bonds is 9. The molecule has 0 amide bonds. The Morgan fingerprint density at radius 1 is 1.00 bits per heavy atom. The van der Waals surface area contributed by atoms with Crippen LogP contribution in [0, 0.1) is 5.92 Å². The fraction of sp³-hybridized carbons (Fsp3) is 0.538. The van der Waals surface area contributed by atoms with Crippen LogP contribution in [-0.4, -0.2) is 19.2 Å². The van der Waals surface area contributed by atoms with Crippen molar-refractivity contribution in [2.24, 2.45) is 5.92 Å². The van der Waals surface area contributed by atoms with Gasteiger partial charge in [-0.05, 0) is 81.3 Å². The highest BCUT2D eigenvalue weighted by molar-refractivity contribution is 7.94. The van der Waals surface area contributed by atoms with Gasteiger partial charge < -0.3 is 5.32 Å². The van der Waals surface area contributed by atoms with Gasteiger partial charge in [0.05, 0.1) is 4.75 Å². The monoisotopic (exact) mass is 476 g/mol. The fourth-order valence-electron chi connectivity index (χ4n) is 4.39. The van der Waals surface area contributed by atoms with E-state index in [1.165, 1.54) is 24.8 Å². The molecular weight excluding hydrogens is 440 g/mol. The average Bonchev–Trinajstić information content (AvgIpc) is 2.66. The molecule has 6 heteroatoms. The molecule has 1 saturated carbocycles. The highest BCUT2D eigenvalue weighted by Crippen LogP contribution is 2.48. The zero-order chi connectivity index (χ0) is 23.6. The molecule has 0 bridgehead atoms. The molecule has 1 unspecified atom stereocenters. The van der Waals surface area contributed by atoms with Crippen LogP contribution in [0.2, 0.25) is 5.02 Å². The van der Waals surface area contributed by atoms with Gasteiger partial charge in [-0.3, -0.25) is 4.72 Å². The highest BCUT2D eigenvalue weighted by atomic mass is 35.5. The molecule has 176 valence electrons.